The van der Waals surface area contributed by atoms with E-state index in [4.69, 9.17) is 14.2 Å². The molecule has 3 heterocycles. The van der Waals surface area contributed by atoms with Gasteiger partial charge in [0.15, 0.2) is 5.82 Å². The van der Waals surface area contributed by atoms with E-state index in [-0.39, 0.29) is 23.8 Å². The third kappa shape index (κ3) is 4.43. The van der Waals surface area contributed by atoms with Crippen LogP contribution in [0.1, 0.15) is 82.0 Å². The Labute approximate surface area is 177 Å². The first-order chi connectivity index (χ1) is 14.6. The van der Waals surface area contributed by atoms with Crippen molar-refractivity contribution in [3.05, 3.63) is 24.4 Å². The summed E-state index contributed by atoms with van der Waals surface area (Å²) in [4.78, 5) is 31.5. The Bertz CT molecular complexity index is 755. The van der Waals surface area contributed by atoms with Crippen molar-refractivity contribution in [2.75, 3.05) is 19.7 Å². The Morgan fingerprint density at radius 3 is 2.47 bits per heavy atom. The van der Waals surface area contributed by atoms with Crippen molar-refractivity contribution < 1.29 is 18.8 Å². The standard InChI is InChI=1S/C22H32N4O4/c1-2-18(27)26-13-9-16(10-14-26)19(28)24-22(11-5-3-4-6-12-22)21-23-20(30-25-21)17-8-7-15-29-17/h2,16-17H,1,3-15H2,(H,24,28). The van der Waals surface area contributed by atoms with Gasteiger partial charge in [0.25, 0.3) is 5.89 Å². The largest absolute Gasteiger partial charge is 0.368 e. The Morgan fingerprint density at radius 2 is 1.83 bits per heavy atom. The minimum atomic E-state index is -0.581. The van der Waals surface area contributed by atoms with Gasteiger partial charge < -0.3 is 19.5 Å². The van der Waals surface area contributed by atoms with Crippen LogP contribution in [0, 0.1) is 5.92 Å². The van der Waals surface area contributed by atoms with Crippen LogP contribution < -0.4 is 5.32 Å². The van der Waals surface area contributed by atoms with Crippen LogP contribution in [0.3, 0.4) is 0 Å². The highest BCUT2D eigenvalue weighted by Gasteiger charge is 2.41. The maximum Gasteiger partial charge on any atom is 0.255 e. The molecule has 1 atom stereocenters. The van der Waals surface area contributed by atoms with Gasteiger partial charge in [-0.2, -0.15) is 4.98 Å². The number of ether oxygens (including phenoxy) is 1. The first-order valence-corrected chi connectivity index (χ1v) is 11.3. The molecular weight excluding hydrogens is 384 g/mol. The van der Waals surface area contributed by atoms with E-state index in [1.54, 1.807) is 4.90 Å². The van der Waals surface area contributed by atoms with Gasteiger partial charge in [-0.3, -0.25) is 9.59 Å². The zero-order chi connectivity index (χ0) is 21.0. The number of carbonyl (C=O) groups is 2. The highest BCUT2D eigenvalue weighted by Crippen LogP contribution is 2.37. The summed E-state index contributed by atoms with van der Waals surface area (Å²) in [6.45, 7) is 5.44. The van der Waals surface area contributed by atoms with Crippen molar-refractivity contribution in [3.63, 3.8) is 0 Å². The third-order valence-electron chi connectivity index (χ3n) is 6.75. The van der Waals surface area contributed by atoms with E-state index >= 15 is 0 Å². The van der Waals surface area contributed by atoms with Crippen LogP contribution in [0.4, 0.5) is 0 Å². The molecule has 1 N–H and O–H groups in total. The number of hydrogen-bond acceptors (Lipinski definition) is 6. The molecule has 2 saturated heterocycles. The molecule has 0 aromatic carbocycles. The zero-order valence-corrected chi connectivity index (χ0v) is 17.6. The quantitative estimate of drug-likeness (QED) is 0.585. The van der Waals surface area contributed by atoms with E-state index < -0.39 is 5.54 Å². The molecular formula is C22H32N4O4. The maximum absolute atomic E-state index is 13.2. The number of nitrogens with one attached hydrogen (secondary N) is 1. The van der Waals surface area contributed by atoms with E-state index in [9.17, 15) is 9.59 Å². The molecule has 164 valence electrons. The highest BCUT2D eigenvalue weighted by atomic mass is 16.5. The van der Waals surface area contributed by atoms with Gasteiger partial charge in [-0.05, 0) is 44.6 Å². The van der Waals surface area contributed by atoms with Gasteiger partial charge in [0.1, 0.15) is 11.6 Å². The van der Waals surface area contributed by atoms with Crippen LogP contribution in [0.5, 0.6) is 0 Å². The number of carbonyl (C=O) groups excluding carboxylic acids is 2. The molecule has 3 aliphatic rings. The number of hydrogen-bond donors (Lipinski definition) is 1. The third-order valence-corrected chi connectivity index (χ3v) is 6.75. The summed E-state index contributed by atoms with van der Waals surface area (Å²) in [7, 11) is 0. The number of piperidine rings is 1. The summed E-state index contributed by atoms with van der Waals surface area (Å²) in [6.07, 6.45) is 10.4. The van der Waals surface area contributed by atoms with Crippen molar-refractivity contribution in [1.29, 1.82) is 0 Å². The fraction of sp³-hybridized carbons (Fsp3) is 0.727. The molecule has 1 saturated carbocycles. The number of amides is 2. The Kier molecular flexibility index (Phi) is 6.51. The van der Waals surface area contributed by atoms with Crippen molar-refractivity contribution in [2.24, 2.45) is 5.92 Å². The van der Waals surface area contributed by atoms with E-state index in [0.717, 1.165) is 58.0 Å². The molecule has 4 rings (SSSR count). The predicted molar refractivity (Wildman–Crippen MR) is 109 cm³/mol. The summed E-state index contributed by atoms with van der Waals surface area (Å²) in [5.74, 6) is 0.969. The number of likely N-dealkylation sites (tertiary alicyclic amines) is 1. The molecule has 1 unspecified atom stereocenters. The van der Waals surface area contributed by atoms with Gasteiger partial charge in [0.2, 0.25) is 11.8 Å². The predicted octanol–water partition coefficient (Wildman–Crippen LogP) is 3.01. The average molecular weight is 417 g/mol. The summed E-state index contributed by atoms with van der Waals surface area (Å²) in [5, 5.41) is 7.63. The Morgan fingerprint density at radius 1 is 1.10 bits per heavy atom. The summed E-state index contributed by atoms with van der Waals surface area (Å²) in [6, 6.07) is 0. The molecule has 8 heteroatoms. The van der Waals surface area contributed by atoms with Crippen molar-refractivity contribution in [3.8, 4) is 0 Å². The molecule has 30 heavy (non-hydrogen) atoms. The molecule has 3 fully saturated rings. The molecule has 0 bridgehead atoms. The van der Waals surface area contributed by atoms with Gasteiger partial charge in [-0.15, -0.1) is 0 Å². The molecule has 1 aromatic rings. The van der Waals surface area contributed by atoms with Crippen molar-refractivity contribution in [1.82, 2.24) is 20.4 Å². The lowest BCUT2D eigenvalue weighted by molar-refractivity contribution is -0.133. The molecule has 2 amide bonds. The lowest BCUT2D eigenvalue weighted by atomic mass is 9.87. The van der Waals surface area contributed by atoms with Crippen LogP contribution in [0.2, 0.25) is 0 Å². The average Bonchev–Trinajstić information content (AvgIpc) is 3.43. The lowest BCUT2D eigenvalue weighted by Gasteiger charge is -2.35. The van der Waals surface area contributed by atoms with Gasteiger partial charge >= 0.3 is 0 Å². The SMILES string of the molecule is C=CC(=O)N1CCC(C(=O)NC2(c3noc(C4CCCO4)n3)CCCCCC2)CC1. The second-order valence-corrected chi connectivity index (χ2v) is 8.75. The normalized spacial score (nSPS) is 24.9. The Balaban J connectivity index is 1.48. The maximum atomic E-state index is 13.2. The van der Waals surface area contributed by atoms with Crippen LogP contribution in [0.25, 0.3) is 0 Å². The zero-order valence-electron chi connectivity index (χ0n) is 17.6. The van der Waals surface area contributed by atoms with E-state index in [1.165, 1.54) is 6.08 Å². The van der Waals surface area contributed by atoms with Crippen LogP contribution in [-0.2, 0) is 19.9 Å². The van der Waals surface area contributed by atoms with Crippen LogP contribution >= 0.6 is 0 Å². The van der Waals surface area contributed by atoms with Gasteiger partial charge in [0, 0.05) is 25.6 Å². The van der Waals surface area contributed by atoms with Gasteiger partial charge in [0.05, 0.1) is 0 Å². The molecule has 1 aliphatic carbocycles. The first kappa shape index (κ1) is 21.0. The second kappa shape index (κ2) is 9.29. The summed E-state index contributed by atoms with van der Waals surface area (Å²) in [5.41, 5.74) is -0.581. The summed E-state index contributed by atoms with van der Waals surface area (Å²) >= 11 is 0. The van der Waals surface area contributed by atoms with E-state index in [0.29, 0.717) is 37.6 Å². The van der Waals surface area contributed by atoms with Crippen LogP contribution in [0.15, 0.2) is 17.2 Å². The van der Waals surface area contributed by atoms with Crippen molar-refractivity contribution >= 4 is 11.8 Å². The summed E-state index contributed by atoms with van der Waals surface area (Å²) < 4.78 is 11.2. The smallest absolute Gasteiger partial charge is 0.255 e. The van der Waals surface area contributed by atoms with Gasteiger partial charge in [-0.1, -0.05) is 37.4 Å². The minimum Gasteiger partial charge on any atom is -0.368 e. The molecule has 0 spiro atoms. The monoisotopic (exact) mass is 416 g/mol. The molecule has 8 nitrogen and oxygen atoms in total. The second-order valence-electron chi connectivity index (χ2n) is 8.75. The lowest BCUT2D eigenvalue weighted by Crippen LogP contribution is -2.50. The van der Waals surface area contributed by atoms with E-state index in [2.05, 4.69) is 17.1 Å². The van der Waals surface area contributed by atoms with Crippen molar-refractivity contribution in [2.45, 2.75) is 75.9 Å². The minimum absolute atomic E-state index is 0.0334. The molecule has 2 aliphatic heterocycles. The Hall–Kier alpha value is -2.22. The topological polar surface area (TPSA) is 97.6 Å². The number of rotatable bonds is 5. The number of aromatic nitrogens is 2. The van der Waals surface area contributed by atoms with E-state index in [1.807, 2.05) is 0 Å². The van der Waals surface area contributed by atoms with Crippen LogP contribution in [-0.4, -0.2) is 46.6 Å². The first-order valence-electron chi connectivity index (χ1n) is 11.3. The van der Waals surface area contributed by atoms with Gasteiger partial charge in [-0.25, -0.2) is 0 Å². The number of nitrogens with zero attached hydrogens (tertiary/aromatic N) is 3. The fourth-order valence-corrected chi connectivity index (χ4v) is 4.90. The molecule has 0 radical (unpaired) electrons. The fourth-order valence-electron chi connectivity index (χ4n) is 4.90. The molecule has 1 aromatic heterocycles. The highest BCUT2D eigenvalue weighted by molar-refractivity contribution is 5.87.